The number of benzene rings is 2. The fourth-order valence-electron chi connectivity index (χ4n) is 3.99. The van der Waals surface area contributed by atoms with Gasteiger partial charge in [-0.1, -0.05) is 42.5 Å². The summed E-state index contributed by atoms with van der Waals surface area (Å²) in [6.07, 6.45) is 2.89. The van der Waals surface area contributed by atoms with Crippen LogP contribution >= 0.6 is 0 Å². The van der Waals surface area contributed by atoms with Crippen LogP contribution in [0, 0.1) is 5.82 Å². The number of hydrogen-bond donors (Lipinski definition) is 0. The number of morpholine rings is 1. The van der Waals surface area contributed by atoms with Crippen molar-refractivity contribution in [2.24, 2.45) is 0 Å². The molecule has 0 atom stereocenters. The van der Waals surface area contributed by atoms with Crippen LogP contribution in [0.5, 0.6) is 0 Å². The van der Waals surface area contributed by atoms with Crippen LogP contribution in [0.25, 0.3) is 11.2 Å². The third kappa shape index (κ3) is 4.75. The largest absolute Gasteiger partial charge is 0.378 e. The molecule has 2 aromatic heterocycles. The number of nitrogens with zero attached hydrogens (tertiary/aromatic N) is 5. The number of halogens is 1. The molecule has 1 aliphatic rings. The Morgan fingerprint density at radius 2 is 1.67 bits per heavy atom. The van der Waals surface area contributed by atoms with Crippen molar-refractivity contribution in [3.05, 3.63) is 93.8 Å². The van der Waals surface area contributed by atoms with Gasteiger partial charge in [0.1, 0.15) is 17.0 Å². The van der Waals surface area contributed by atoms with E-state index in [2.05, 4.69) is 9.97 Å². The molecular formula is C25H24FN5O2. The van der Waals surface area contributed by atoms with Crippen molar-refractivity contribution in [3.8, 4) is 0 Å². The minimum Gasteiger partial charge on any atom is -0.378 e. The van der Waals surface area contributed by atoms with Gasteiger partial charge < -0.3 is 9.64 Å². The Hall–Kier alpha value is -3.65. The zero-order valence-electron chi connectivity index (χ0n) is 18.2. The zero-order valence-corrected chi connectivity index (χ0v) is 18.2. The van der Waals surface area contributed by atoms with E-state index in [1.165, 1.54) is 12.1 Å². The third-order valence-electron chi connectivity index (χ3n) is 5.78. The highest BCUT2D eigenvalue weighted by molar-refractivity contribution is 5.71. The first kappa shape index (κ1) is 21.2. The van der Waals surface area contributed by atoms with Crippen molar-refractivity contribution in [3.63, 3.8) is 0 Å². The van der Waals surface area contributed by atoms with E-state index in [-0.39, 0.29) is 17.9 Å². The van der Waals surface area contributed by atoms with Crippen molar-refractivity contribution in [2.45, 2.75) is 19.4 Å². The number of anilines is 1. The molecule has 33 heavy (non-hydrogen) atoms. The van der Waals surface area contributed by atoms with Crippen molar-refractivity contribution in [1.82, 2.24) is 19.5 Å². The SMILES string of the molecule is O=c1c(CCc2ccccc2)nc2cnc(N3CCOCC3)nc2n1Cc1ccc(F)cc1. The molecule has 0 radical (unpaired) electrons. The second-order valence-corrected chi connectivity index (χ2v) is 8.04. The fourth-order valence-corrected chi connectivity index (χ4v) is 3.99. The summed E-state index contributed by atoms with van der Waals surface area (Å²) in [5.41, 5.74) is 3.28. The van der Waals surface area contributed by atoms with E-state index in [0.717, 1.165) is 11.1 Å². The Balaban J connectivity index is 1.56. The summed E-state index contributed by atoms with van der Waals surface area (Å²) < 4.78 is 20.5. The predicted octanol–water partition coefficient (Wildman–Crippen LogP) is 3.00. The quantitative estimate of drug-likeness (QED) is 0.454. The van der Waals surface area contributed by atoms with Gasteiger partial charge in [-0.3, -0.25) is 9.36 Å². The van der Waals surface area contributed by atoms with E-state index in [1.54, 1.807) is 22.9 Å². The summed E-state index contributed by atoms with van der Waals surface area (Å²) in [5, 5.41) is 0. The molecular weight excluding hydrogens is 421 g/mol. The van der Waals surface area contributed by atoms with Crippen LogP contribution in [0.2, 0.25) is 0 Å². The van der Waals surface area contributed by atoms with Gasteiger partial charge in [0.05, 0.1) is 26.0 Å². The molecule has 8 heteroatoms. The van der Waals surface area contributed by atoms with Gasteiger partial charge in [-0.25, -0.2) is 14.4 Å². The molecule has 0 spiro atoms. The lowest BCUT2D eigenvalue weighted by atomic mass is 10.1. The van der Waals surface area contributed by atoms with Gasteiger partial charge in [0.15, 0.2) is 5.65 Å². The van der Waals surface area contributed by atoms with Crippen LogP contribution in [-0.4, -0.2) is 45.8 Å². The summed E-state index contributed by atoms with van der Waals surface area (Å²) in [7, 11) is 0. The summed E-state index contributed by atoms with van der Waals surface area (Å²) in [6.45, 7) is 2.88. The van der Waals surface area contributed by atoms with E-state index in [9.17, 15) is 9.18 Å². The molecule has 1 fully saturated rings. The van der Waals surface area contributed by atoms with Crippen LogP contribution < -0.4 is 10.5 Å². The van der Waals surface area contributed by atoms with Gasteiger partial charge >= 0.3 is 0 Å². The first-order chi connectivity index (χ1) is 16.2. The maximum absolute atomic E-state index is 13.5. The molecule has 0 unspecified atom stereocenters. The Morgan fingerprint density at radius 3 is 2.42 bits per heavy atom. The lowest BCUT2D eigenvalue weighted by molar-refractivity contribution is 0.122. The van der Waals surface area contributed by atoms with Gasteiger partial charge in [0.25, 0.3) is 5.56 Å². The van der Waals surface area contributed by atoms with Crippen molar-refractivity contribution >= 4 is 17.1 Å². The van der Waals surface area contributed by atoms with Gasteiger partial charge in [0.2, 0.25) is 5.95 Å². The molecule has 3 heterocycles. The first-order valence-electron chi connectivity index (χ1n) is 11.0. The monoisotopic (exact) mass is 445 g/mol. The van der Waals surface area contributed by atoms with Crippen molar-refractivity contribution < 1.29 is 9.13 Å². The Bertz CT molecular complexity index is 1300. The van der Waals surface area contributed by atoms with Gasteiger partial charge in [-0.2, -0.15) is 4.98 Å². The van der Waals surface area contributed by atoms with Gasteiger partial charge in [0, 0.05) is 13.1 Å². The number of hydrogen-bond acceptors (Lipinski definition) is 6. The summed E-state index contributed by atoms with van der Waals surface area (Å²) >= 11 is 0. The minimum atomic E-state index is -0.314. The van der Waals surface area contributed by atoms with Crippen LogP contribution in [0.3, 0.4) is 0 Å². The maximum Gasteiger partial charge on any atom is 0.274 e. The highest BCUT2D eigenvalue weighted by Gasteiger charge is 2.18. The predicted molar refractivity (Wildman–Crippen MR) is 124 cm³/mol. The van der Waals surface area contributed by atoms with Gasteiger partial charge in [-0.05, 0) is 36.1 Å². The summed E-state index contributed by atoms with van der Waals surface area (Å²) in [4.78, 5) is 29.4. The number of aryl methyl sites for hydroxylation is 2. The second kappa shape index (κ2) is 9.46. The molecule has 0 N–H and O–H groups in total. The summed E-state index contributed by atoms with van der Waals surface area (Å²) in [6, 6.07) is 16.2. The summed E-state index contributed by atoms with van der Waals surface area (Å²) in [5.74, 6) is 0.239. The van der Waals surface area contributed by atoms with Gasteiger partial charge in [-0.15, -0.1) is 0 Å². The van der Waals surface area contributed by atoms with E-state index >= 15 is 0 Å². The normalized spacial score (nSPS) is 14.0. The number of fused-ring (bicyclic) bond motifs is 1. The van der Waals surface area contributed by atoms with E-state index < -0.39 is 0 Å². The Labute approximate surface area is 190 Å². The van der Waals surface area contributed by atoms with Crippen molar-refractivity contribution in [1.29, 1.82) is 0 Å². The molecule has 2 aromatic carbocycles. The Kier molecular flexibility index (Phi) is 6.08. The van der Waals surface area contributed by atoms with Crippen LogP contribution in [0.15, 0.2) is 65.6 Å². The zero-order chi connectivity index (χ0) is 22.6. The van der Waals surface area contributed by atoms with E-state index in [4.69, 9.17) is 9.72 Å². The molecule has 0 amide bonds. The highest BCUT2D eigenvalue weighted by Crippen LogP contribution is 2.16. The lowest BCUT2D eigenvalue weighted by Crippen LogP contribution is -2.37. The molecule has 1 aliphatic heterocycles. The van der Waals surface area contributed by atoms with E-state index in [1.807, 2.05) is 35.2 Å². The highest BCUT2D eigenvalue weighted by atomic mass is 19.1. The van der Waals surface area contributed by atoms with Crippen LogP contribution in [0.4, 0.5) is 10.3 Å². The molecule has 4 aromatic rings. The number of ether oxygens (including phenoxy) is 1. The minimum absolute atomic E-state index is 0.186. The fraction of sp³-hybridized carbons (Fsp3) is 0.280. The molecule has 0 aliphatic carbocycles. The smallest absolute Gasteiger partial charge is 0.274 e. The molecule has 0 saturated carbocycles. The van der Waals surface area contributed by atoms with Crippen LogP contribution in [-0.2, 0) is 24.1 Å². The lowest BCUT2D eigenvalue weighted by Gasteiger charge is -2.26. The van der Waals surface area contributed by atoms with E-state index in [0.29, 0.717) is 62.0 Å². The van der Waals surface area contributed by atoms with Crippen LogP contribution in [0.1, 0.15) is 16.8 Å². The first-order valence-corrected chi connectivity index (χ1v) is 11.0. The average Bonchev–Trinajstić information content (AvgIpc) is 2.87. The maximum atomic E-state index is 13.5. The third-order valence-corrected chi connectivity index (χ3v) is 5.78. The molecule has 1 saturated heterocycles. The average molecular weight is 445 g/mol. The molecule has 5 rings (SSSR count). The van der Waals surface area contributed by atoms with Crippen molar-refractivity contribution in [2.75, 3.05) is 31.2 Å². The molecule has 0 bridgehead atoms. The second-order valence-electron chi connectivity index (χ2n) is 8.04. The Morgan fingerprint density at radius 1 is 0.909 bits per heavy atom. The topological polar surface area (TPSA) is 73.1 Å². The molecule has 168 valence electrons. The number of rotatable bonds is 6. The standard InChI is InChI=1S/C25H24FN5O2/c26-20-9-6-19(7-10-20)17-31-23-22(16-27-25(29-23)30-12-14-33-15-13-30)28-21(24(31)32)11-8-18-4-2-1-3-5-18/h1-7,9-10,16H,8,11-15,17H2. The number of aromatic nitrogens is 4. The molecule has 7 nitrogen and oxygen atoms in total.